The summed E-state index contributed by atoms with van der Waals surface area (Å²) in [4.78, 5) is 14.9. The summed E-state index contributed by atoms with van der Waals surface area (Å²) in [7, 11) is -3.99. The van der Waals surface area contributed by atoms with Crippen LogP contribution < -0.4 is 4.72 Å². The van der Waals surface area contributed by atoms with Gasteiger partial charge in [0.05, 0.1) is 0 Å². The van der Waals surface area contributed by atoms with Crippen LogP contribution in [0.25, 0.3) is 11.0 Å². The van der Waals surface area contributed by atoms with Gasteiger partial charge in [0, 0.05) is 23.8 Å². The number of sulfonamides is 1. The number of hydrogen-bond acceptors (Lipinski definition) is 5. The van der Waals surface area contributed by atoms with E-state index in [2.05, 4.69) is 9.71 Å². The van der Waals surface area contributed by atoms with Gasteiger partial charge < -0.3 is 9.52 Å². The van der Waals surface area contributed by atoms with Gasteiger partial charge in [-0.3, -0.25) is 9.78 Å². The first-order valence-corrected chi connectivity index (χ1v) is 7.02. The van der Waals surface area contributed by atoms with Crippen molar-refractivity contribution in [1.82, 2.24) is 9.71 Å². The molecule has 1 aliphatic carbocycles. The predicted octanol–water partition coefficient (Wildman–Crippen LogP) is 0.723. The average Bonchev–Trinajstić information content (AvgIpc) is 2.99. The molecule has 0 spiro atoms. The van der Waals surface area contributed by atoms with E-state index in [1.54, 1.807) is 6.07 Å². The fourth-order valence-electron chi connectivity index (χ4n) is 1.78. The molecule has 0 aliphatic heterocycles. The summed E-state index contributed by atoms with van der Waals surface area (Å²) >= 11 is 0. The highest BCUT2D eigenvalue weighted by molar-refractivity contribution is 7.89. The number of rotatable bonds is 4. The molecule has 0 amide bonds. The Bertz CT molecular complexity index is 727. The van der Waals surface area contributed by atoms with Crippen molar-refractivity contribution in [3.05, 3.63) is 24.5 Å². The Hall–Kier alpha value is -1.93. The lowest BCUT2D eigenvalue weighted by Gasteiger charge is -2.10. The minimum absolute atomic E-state index is 0.281. The Morgan fingerprint density at radius 3 is 2.79 bits per heavy atom. The van der Waals surface area contributed by atoms with Crippen molar-refractivity contribution >= 4 is 27.0 Å². The normalized spacial score (nSPS) is 17.5. The number of aromatic nitrogens is 1. The number of nitrogens with zero attached hydrogens (tertiary/aromatic N) is 1. The molecule has 1 fully saturated rings. The summed E-state index contributed by atoms with van der Waals surface area (Å²) in [5.74, 6) is -1.17. The van der Waals surface area contributed by atoms with Crippen molar-refractivity contribution in [2.75, 3.05) is 0 Å². The van der Waals surface area contributed by atoms with Crippen LogP contribution in [0.5, 0.6) is 0 Å². The van der Waals surface area contributed by atoms with E-state index in [4.69, 9.17) is 9.52 Å². The molecule has 7 nitrogen and oxygen atoms in total. The molecular formula is C11H10N2O5S. The quantitative estimate of drug-likeness (QED) is 0.855. The van der Waals surface area contributed by atoms with E-state index in [1.165, 1.54) is 18.5 Å². The van der Waals surface area contributed by atoms with E-state index >= 15 is 0 Å². The van der Waals surface area contributed by atoms with Gasteiger partial charge in [-0.2, -0.15) is 4.72 Å². The molecule has 3 rings (SSSR count). The van der Waals surface area contributed by atoms with Gasteiger partial charge in [0.25, 0.3) is 10.0 Å². The zero-order valence-electron chi connectivity index (χ0n) is 9.66. The Balaban J connectivity index is 1.98. The second-order valence-corrected chi connectivity index (χ2v) is 6.09. The number of furan rings is 1. The molecule has 0 bridgehead atoms. The van der Waals surface area contributed by atoms with Crippen LogP contribution in [0.15, 0.2) is 34.0 Å². The van der Waals surface area contributed by atoms with Gasteiger partial charge in [0.1, 0.15) is 11.1 Å². The molecule has 2 heterocycles. The zero-order chi connectivity index (χ0) is 13.7. The van der Waals surface area contributed by atoms with Crippen LogP contribution in [-0.2, 0) is 14.8 Å². The molecule has 0 aromatic carbocycles. The molecular weight excluding hydrogens is 272 g/mol. The largest absolute Gasteiger partial charge is 0.480 e. The standard InChI is InChI=1S/C11H10N2O5S/c14-10(15)11(2-3-11)13-19(16,17)9-5-7-6-12-4-1-8(7)18-9/h1,4-6,13H,2-3H2,(H,14,15). The van der Waals surface area contributed by atoms with Crippen LogP contribution in [0.3, 0.4) is 0 Å². The molecule has 100 valence electrons. The van der Waals surface area contributed by atoms with Crippen molar-refractivity contribution in [2.24, 2.45) is 0 Å². The molecule has 8 heteroatoms. The number of carboxylic acid groups (broad SMARTS) is 1. The lowest BCUT2D eigenvalue weighted by Crippen LogP contribution is -2.42. The topological polar surface area (TPSA) is 110 Å². The van der Waals surface area contributed by atoms with Gasteiger partial charge in [-0.15, -0.1) is 0 Å². The van der Waals surface area contributed by atoms with E-state index < -0.39 is 21.5 Å². The highest BCUT2D eigenvalue weighted by atomic mass is 32.2. The lowest BCUT2D eigenvalue weighted by atomic mass is 10.3. The van der Waals surface area contributed by atoms with Gasteiger partial charge in [0.15, 0.2) is 0 Å². The fraction of sp³-hybridized carbons (Fsp3) is 0.273. The summed E-state index contributed by atoms with van der Waals surface area (Å²) in [6.07, 6.45) is 3.52. The number of aliphatic carboxylic acids is 1. The zero-order valence-corrected chi connectivity index (χ0v) is 10.5. The average molecular weight is 282 g/mol. The highest BCUT2D eigenvalue weighted by Gasteiger charge is 2.53. The summed E-state index contributed by atoms with van der Waals surface area (Å²) < 4.78 is 31.5. The summed E-state index contributed by atoms with van der Waals surface area (Å²) in [6, 6.07) is 2.86. The van der Waals surface area contributed by atoms with Gasteiger partial charge in [-0.05, 0) is 18.9 Å². The van der Waals surface area contributed by atoms with E-state index in [1.807, 2.05) is 0 Å². The van der Waals surface area contributed by atoms with Crippen LogP contribution in [-0.4, -0.2) is 30.0 Å². The monoisotopic (exact) mass is 282 g/mol. The first kappa shape index (κ1) is 12.1. The molecule has 2 N–H and O–H groups in total. The SMILES string of the molecule is O=C(O)C1(NS(=O)(=O)c2cc3cnccc3o2)CC1. The molecule has 0 unspecified atom stereocenters. The van der Waals surface area contributed by atoms with Gasteiger partial charge in [-0.1, -0.05) is 0 Å². The number of fused-ring (bicyclic) bond motifs is 1. The third kappa shape index (κ3) is 1.98. The molecule has 0 saturated heterocycles. The summed E-state index contributed by atoms with van der Waals surface area (Å²) in [5.41, 5.74) is -0.994. The maximum absolute atomic E-state index is 12.1. The third-order valence-corrected chi connectivity index (χ3v) is 4.44. The Morgan fingerprint density at radius 1 is 1.47 bits per heavy atom. The van der Waals surface area contributed by atoms with E-state index in [0.29, 0.717) is 11.0 Å². The molecule has 1 aliphatic rings. The number of carbonyl (C=O) groups is 1. The van der Waals surface area contributed by atoms with Gasteiger partial charge in [0.2, 0.25) is 5.09 Å². The molecule has 0 atom stereocenters. The Morgan fingerprint density at radius 2 is 2.21 bits per heavy atom. The van der Waals surface area contributed by atoms with Gasteiger partial charge in [-0.25, -0.2) is 8.42 Å². The maximum atomic E-state index is 12.1. The molecule has 1 saturated carbocycles. The van der Waals surface area contributed by atoms with Crippen LogP contribution in [0.1, 0.15) is 12.8 Å². The smallest absolute Gasteiger partial charge is 0.324 e. The Kier molecular flexibility index (Phi) is 2.41. The second kappa shape index (κ2) is 3.78. The minimum atomic E-state index is -3.99. The van der Waals surface area contributed by atoms with Crippen LogP contribution in [0.2, 0.25) is 0 Å². The van der Waals surface area contributed by atoms with Crippen LogP contribution in [0.4, 0.5) is 0 Å². The van der Waals surface area contributed by atoms with Crippen LogP contribution in [0, 0.1) is 0 Å². The van der Waals surface area contributed by atoms with E-state index in [0.717, 1.165) is 0 Å². The first-order chi connectivity index (χ1) is 8.93. The molecule has 2 aromatic heterocycles. The van der Waals surface area contributed by atoms with Crippen molar-refractivity contribution in [3.63, 3.8) is 0 Å². The van der Waals surface area contributed by atoms with Crippen molar-refractivity contribution in [3.8, 4) is 0 Å². The molecule has 19 heavy (non-hydrogen) atoms. The highest BCUT2D eigenvalue weighted by Crippen LogP contribution is 2.37. The fourth-order valence-corrected chi connectivity index (χ4v) is 3.17. The van der Waals surface area contributed by atoms with Gasteiger partial charge >= 0.3 is 5.97 Å². The number of pyridine rings is 1. The molecule has 2 aromatic rings. The number of carboxylic acids is 1. The summed E-state index contributed by atoms with van der Waals surface area (Å²) in [5, 5.41) is 9.23. The third-order valence-electron chi connectivity index (χ3n) is 3.05. The predicted molar refractivity (Wildman–Crippen MR) is 63.9 cm³/mol. The second-order valence-electron chi connectivity index (χ2n) is 4.47. The van der Waals surface area contributed by atoms with Crippen LogP contribution >= 0.6 is 0 Å². The van der Waals surface area contributed by atoms with E-state index in [-0.39, 0.29) is 17.9 Å². The van der Waals surface area contributed by atoms with Crippen molar-refractivity contribution in [2.45, 2.75) is 23.5 Å². The van der Waals surface area contributed by atoms with Crippen molar-refractivity contribution in [1.29, 1.82) is 0 Å². The minimum Gasteiger partial charge on any atom is -0.480 e. The maximum Gasteiger partial charge on any atom is 0.324 e. The lowest BCUT2D eigenvalue weighted by molar-refractivity contribution is -0.140. The Labute approximate surface area is 108 Å². The summed E-state index contributed by atoms with van der Waals surface area (Å²) in [6.45, 7) is 0. The van der Waals surface area contributed by atoms with E-state index in [9.17, 15) is 13.2 Å². The number of nitrogens with one attached hydrogen (secondary N) is 1. The number of hydrogen-bond donors (Lipinski definition) is 2. The molecule has 0 radical (unpaired) electrons. The first-order valence-electron chi connectivity index (χ1n) is 5.54. The van der Waals surface area contributed by atoms with Crippen molar-refractivity contribution < 1.29 is 22.7 Å².